The summed E-state index contributed by atoms with van der Waals surface area (Å²) in [5.41, 5.74) is 0.598. The lowest BCUT2D eigenvalue weighted by molar-refractivity contribution is -0.114. The van der Waals surface area contributed by atoms with Crippen molar-refractivity contribution in [2.45, 2.75) is 12.1 Å². The Balaban J connectivity index is 2.31. The molecule has 0 aliphatic heterocycles. The normalized spacial score (nSPS) is 10.0. The second-order valence-corrected chi connectivity index (χ2v) is 4.88. The van der Waals surface area contributed by atoms with E-state index < -0.39 is 0 Å². The lowest BCUT2D eigenvalue weighted by Gasteiger charge is -2.11. The third-order valence-electron chi connectivity index (χ3n) is 2.53. The Morgan fingerprint density at radius 1 is 1.29 bits per heavy atom. The second-order valence-electron chi connectivity index (χ2n) is 4.11. The number of carbonyl (C=O) groups is 1. The van der Waals surface area contributed by atoms with Crippen LogP contribution < -0.4 is 15.4 Å². The first kappa shape index (κ1) is 15.1. The molecule has 1 aromatic heterocycles. The summed E-state index contributed by atoms with van der Waals surface area (Å²) in [6.45, 7) is 1.45. The summed E-state index contributed by atoms with van der Waals surface area (Å²) in [6.07, 6.45) is 1.89. The number of anilines is 2. The molecule has 0 aliphatic rings. The van der Waals surface area contributed by atoms with Crippen LogP contribution >= 0.6 is 11.8 Å². The van der Waals surface area contributed by atoms with Gasteiger partial charge >= 0.3 is 0 Å². The zero-order chi connectivity index (χ0) is 15.2. The third kappa shape index (κ3) is 4.09. The van der Waals surface area contributed by atoms with Crippen LogP contribution in [0.1, 0.15) is 6.92 Å². The Morgan fingerprint density at radius 3 is 2.71 bits per heavy atom. The van der Waals surface area contributed by atoms with Crippen molar-refractivity contribution in [3.05, 3.63) is 30.3 Å². The second kappa shape index (κ2) is 6.94. The summed E-state index contributed by atoms with van der Waals surface area (Å²) in [7, 11) is 1.78. The minimum Gasteiger partial charge on any atom is -0.437 e. The smallest absolute Gasteiger partial charge is 0.225 e. The van der Waals surface area contributed by atoms with Crippen molar-refractivity contribution >= 4 is 29.2 Å². The van der Waals surface area contributed by atoms with Crippen LogP contribution in [0.2, 0.25) is 0 Å². The van der Waals surface area contributed by atoms with E-state index in [1.807, 2.05) is 18.4 Å². The topological polar surface area (TPSA) is 76.1 Å². The van der Waals surface area contributed by atoms with Gasteiger partial charge in [-0.15, -0.1) is 0 Å². The predicted molar refractivity (Wildman–Crippen MR) is 84.2 cm³/mol. The summed E-state index contributed by atoms with van der Waals surface area (Å²) in [5.74, 6) is 1.45. The fourth-order valence-corrected chi connectivity index (χ4v) is 2.01. The van der Waals surface area contributed by atoms with Gasteiger partial charge in [0.1, 0.15) is 5.82 Å². The van der Waals surface area contributed by atoms with Gasteiger partial charge in [-0.05, 0) is 18.4 Å². The highest BCUT2D eigenvalue weighted by Crippen LogP contribution is 2.30. The van der Waals surface area contributed by atoms with E-state index in [0.29, 0.717) is 28.3 Å². The first-order valence-electron chi connectivity index (χ1n) is 6.27. The van der Waals surface area contributed by atoms with Crippen LogP contribution in [0.5, 0.6) is 11.6 Å². The first-order chi connectivity index (χ1) is 10.1. The largest absolute Gasteiger partial charge is 0.437 e. The number of thioether (sulfide) groups is 1. The van der Waals surface area contributed by atoms with Crippen LogP contribution in [-0.4, -0.2) is 29.2 Å². The number of ether oxygens (including phenoxy) is 1. The minimum absolute atomic E-state index is 0.158. The molecule has 0 unspecified atom stereocenters. The lowest BCUT2D eigenvalue weighted by Crippen LogP contribution is -2.07. The minimum atomic E-state index is -0.158. The van der Waals surface area contributed by atoms with Crippen molar-refractivity contribution in [3.63, 3.8) is 0 Å². The average Bonchev–Trinajstić information content (AvgIpc) is 2.48. The van der Waals surface area contributed by atoms with Crippen LogP contribution in [0.4, 0.5) is 11.5 Å². The number of nitrogens with one attached hydrogen (secondary N) is 2. The number of aromatic nitrogens is 2. The van der Waals surface area contributed by atoms with Gasteiger partial charge in [-0.3, -0.25) is 4.79 Å². The van der Waals surface area contributed by atoms with Crippen LogP contribution in [0.15, 0.2) is 35.5 Å². The van der Waals surface area contributed by atoms with E-state index in [2.05, 4.69) is 20.6 Å². The number of para-hydroxylation sites is 2. The van der Waals surface area contributed by atoms with Gasteiger partial charge < -0.3 is 15.4 Å². The van der Waals surface area contributed by atoms with Crippen LogP contribution in [0, 0.1) is 0 Å². The summed E-state index contributed by atoms with van der Waals surface area (Å²) in [5, 5.41) is 6.29. The van der Waals surface area contributed by atoms with E-state index >= 15 is 0 Å². The Labute approximate surface area is 127 Å². The van der Waals surface area contributed by atoms with Gasteiger partial charge in [-0.1, -0.05) is 23.9 Å². The molecule has 0 atom stereocenters. The zero-order valence-corrected chi connectivity index (χ0v) is 12.8. The standard InChI is InChI=1S/C14H16N4O2S/c1-9(19)16-10-6-4-5-7-11(10)20-13-8-12(15-2)17-14(18-13)21-3/h4-8H,1-3H3,(H,16,19)(H,15,17,18). The van der Waals surface area contributed by atoms with Crippen LogP contribution in [0.3, 0.4) is 0 Å². The van der Waals surface area contributed by atoms with Gasteiger partial charge in [-0.25, -0.2) is 4.98 Å². The molecule has 1 aromatic carbocycles. The van der Waals surface area contributed by atoms with Crippen LogP contribution in [-0.2, 0) is 4.79 Å². The zero-order valence-electron chi connectivity index (χ0n) is 12.0. The third-order valence-corrected chi connectivity index (χ3v) is 3.08. The number of nitrogens with zero attached hydrogens (tertiary/aromatic N) is 2. The van der Waals surface area contributed by atoms with Gasteiger partial charge in [-0.2, -0.15) is 4.98 Å². The first-order valence-corrected chi connectivity index (χ1v) is 7.50. The van der Waals surface area contributed by atoms with Crippen molar-refractivity contribution in [2.24, 2.45) is 0 Å². The van der Waals surface area contributed by atoms with E-state index in [9.17, 15) is 4.79 Å². The van der Waals surface area contributed by atoms with Crippen molar-refractivity contribution in [2.75, 3.05) is 23.9 Å². The Bertz CT molecular complexity index is 626. The highest BCUT2D eigenvalue weighted by molar-refractivity contribution is 7.98. The monoisotopic (exact) mass is 304 g/mol. The fraction of sp³-hybridized carbons (Fsp3) is 0.214. The Morgan fingerprint density at radius 2 is 2.05 bits per heavy atom. The Kier molecular flexibility index (Phi) is 4.99. The number of hydrogen-bond acceptors (Lipinski definition) is 6. The number of hydrogen-bond donors (Lipinski definition) is 2. The highest BCUT2D eigenvalue weighted by atomic mass is 32.2. The number of rotatable bonds is 5. The van der Waals surface area contributed by atoms with E-state index in [1.165, 1.54) is 18.7 Å². The number of benzene rings is 1. The maximum absolute atomic E-state index is 11.2. The SMILES string of the molecule is CNc1cc(Oc2ccccc2NC(C)=O)nc(SC)n1. The molecule has 0 saturated heterocycles. The van der Waals surface area contributed by atoms with Gasteiger partial charge in [0.2, 0.25) is 11.8 Å². The van der Waals surface area contributed by atoms with Crippen molar-refractivity contribution in [3.8, 4) is 11.6 Å². The van der Waals surface area contributed by atoms with Crippen LogP contribution in [0.25, 0.3) is 0 Å². The summed E-state index contributed by atoms with van der Waals surface area (Å²) < 4.78 is 5.78. The molecule has 1 amide bonds. The fourth-order valence-electron chi connectivity index (χ4n) is 1.64. The molecular weight excluding hydrogens is 288 g/mol. The molecule has 0 fully saturated rings. The molecular formula is C14H16N4O2S. The summed E-state index contributed by atoms with van der Waals surface area (Å²) in [4.78, 5) is 19.8. The Hall–Kier alpha value is -2.28. The molecule has 0 bridgehead atoms. The van der Waals surface area contributed by atoms with Crippen molar-refractivity contribution < 1.29 is 9.53 Å². The maximum atomic E-state index is 11.2. The molecule has 1 heterocycles. The molecule has 2 rings (SSSR count). The van der Waals surface area contributed by atoms with Gasteiger partial charge in [0.25, 0.3) is 0 Å². The molecule has 0 saturated carbocycles. The molecule has 2 aromatic rings. The highest BCUT2D eigenvalue weighted by Gasteiger charge is 2.09. The molecule has 2 N–H and O–H groups in total. The van der Waals surface area contributed by atoms with E-state index in [1.54, 1.807) is 25.2 Å². The number of amides is 1. The number of carbonyl (C=O) groups excluding carboxylic acids is 1. The van der Waals surface area contributed by atoms with E-state index in [-0.39, 0.29) is 5.91 Å². The summed E-state index contributed by atoms with van der Waals surface area (Å²) >= 11 is 1.43. The molecule has 110 valence electrons. The predicted octanol–water partition coefficient (Wildman–Crippen LogP) is 2.99. The van der Waals surface area contributed by atoms with Gasteiger partial charge in [0.15, 0.2) is 10.9 Å². The molecule has 0 spiro atoms. The van der Waals surface area contributed by atoms with E-state index in [0.717, 1.165) is 0 Å². The molecule has 0 radical (unpaired) electrons. The van der Waals surface area contributed by atoms with Gasteiger partial charge in [0, 0.05) is 20.0 Å². The molecule has 7 heteroatoms. The quantitative estimate of drug-likeness (QED) is 0.653. The molecule has 6 nitrogen and oxygen atoms in total. The maximum Gasteiger partial charge on any atom is 0.225 e. The van der Waals surface area contributed by atoms with Crippen molar-refractivity contribution in [1.82, 2.24) is 9.97 Å². The average molecular weight is 304 g/mol. The summed E-state index contributed by atoms with van der Waals surface area (Å²) in [6, 6.07) is 8.89. The molecule has 21 heavy (non-hydrogen) atoms. The molecule has 0 aliphatic carbocycles. The van der Waals surface area contributed by atoms with E-state index in [4.69, 9.17) is 4.74 Å². The van der Waals surface area contributed by atoms with Crippen molar-refractivity contribution in [1.29, 1.82) is 0 Å². The van der Waals surface area contributed by atoms with Gasteiger partial charge in [0.05, 0.1) is 5.69 Å². The lowest BCUT2D eigenvalue weighted by atomic mass is 10.3.